The third kappa shape index (κ3) is 4.73. The molecular formula is C10H11EuF7O2. The van der Waals surface area contributed by atoms with Gasteiger partial charge < -0.3 is 0 Å². The van der Waals surface area contributed by atoms with Gasteiger partial charge in [0.15, 0.2) is 0 Å². The van der Waals surface area contributed by atoms with E-state index in [0.29, 0.717) is 0 Å². The number of carbonyl (C=O) groups is 2. The standard InChI is InChI=1S/C10H11F7O2.Eu/c1-7(2,3)5(18)4-6(19)8(11,12)9(13,14)10(15,16)17;/h4H2,1-3H3;. The van der Waals surface area contributed by atoms with Crippen LogP contribution < -0.4 is 0 Å². The summed E-state index contributed by atoms with van der Waals surface area (Å²) in [6.45, 7) is 3.63. The van der Waals surface area contributed by atoms with Crippen LogP contribution in [-0.2, 0) is 9.59 Å². The summed E-state index contributed by atoms with van der Waals surface area (Å²) in [5.74, 6) is -16.4. The zero-order chi connectivity index (χ0) is 15.9. The van der Waals surface area contributed by atoms with Gasteiger partial charge in [-0.05, 0) is 0 Å². The van der Waals surface area contributed by atoms with Crippen molar-refractivity contribution in [2.24, 2.45) is 5.41 Å². The number of rotatable bonds is 4. The van der Waals surface area contributed by atoms with Crippen LogP contribution in [0, 0.1) is 54.8 Å². The molecule has 0 fully saturated rings. The van der Waals surface area contributed by atoms with Gasteiger partial charge in [0, 0.05) is 54.8 Å². The van der Waals surface area contributed by atoms with E-state index in [1.165, 1.54) is 20.8 Å². The molecule has 20 heavy (non-hydrogen) atoms. The van der Waals surface area contributed by atoms with Gasteiger partial charge in [0.05, 0.1) is 6.42 Å². The average molecular weight is 448 g/mol. The van der Waals surface area contributed by atoms with Gasteiger partial charge in [-0.15, -0.1) is 0 Å². The Kier molecular flexibility index (Phi) is 7.59. The predicted molar refractivity (Wildman–Crippen MR) is 50.0 cm³/mol. The Morgan fingerprint density at radius 2 is 1.15 bits per heavy atom. The van der Waals surface area contributed by atoms with E-state index in [-0.39, 0.29) is 49.4 Å². The number of hydrogen-bond acceptors (Lipinski definition) is 2. The Bertz CT molecular complexity index is 382. The molecule has 0 aliphatic rings. The maximum Gasteiger partial charge on any atom is 0.460 e. The Hall–Kier alpha value is 0.434. The van der Waals surface area contributed by atoms with E-state index in [9.17, 15) is 40.3 Å². The van der Waals surface area contributed by atoms with Crippen LogP contribution in [0.5, 0.6) is 0 Å². The van der Waals surface area contributed by atoms with Crippen molar-refractivity contribution >= 4 is 11.6 Å². The smallest absolute Gasteiger partial charge is 0.299 e. The molecule has 0 N–H and O–H groups in total. The van der Waals surface area contributed by atoms with Crippen molar-refractivity contribution in [3.05, 3.63) is 0 Å². The number of hydrogen-bond donors (Lipinski definition) is 0. The Morgan fingerprint density at radius 1 is 0.800 bits per heavy atom. The molecular weight excluding hydrogens is 437 g/mol. The van der Waals surface area contributed by atoms with Gasteiger partial charge in [-0.1, -0.05) is 20.8 Å². The summed E-state index contributed by atoms with van der Waals surface area (Å²) in [5.41, 5.74) is -1.31. The van der Waals surface area contributed by atoms with E-state index in [4.69, 9.17) is 0 Å². The summed E-state index contributed by atoms with van der Waals surface area (Å²) < 4.78 is 86.1. The van der Waals surface area contributed by atoms with Crippen LogP contribution in [0.1, 0.15) is 27.2 Å². The number of Topliss-reactive ketones (excluding diaryl/α,β-unsaturated/α-hetero) is 2. The predicted octanol–water partition coefficient (Wildman–Crippen LogP) is 3.39. The number of carbonyl (C=O) groups excluding carboxylic acids is 2. The molecule has 1 radical (unpaired) electrons. The number of ketones is 2. The fourth-order valence-corrected chi connectivity index (χ4v) is 0.875. The van der Waals surface area contributed by atoms with E-state index in [1.807, 2.05) is 0 Å². The fourth-order valence-electron chi connectivity index (χ4n) is 0.875. The van der Waals surface area contributed by atoms with Crippen molar-refractivity contribution < 1.29 is 89.7 Å². The minimum absolute atomic E-state index is 0. The van der Waals surface area contributed by atoms with Crippen LogP contribution in [0.3, 0.4) is 0 Å². The molecule has 119 valence electrons. The molecule has 10 heteroatoms. The monoisotopic (exact) mass is 449 g/mol. The second-order valence-electron chi connectivity index (χ2n) is 4.92. The molecule has 0 spiro atoms. The topological polar surface area (TPSA) is 34.1 Å². The van der Waals surface area contributed by atoms with Crippen molar-refractivity contribution in [3.8, 4) is 0 Å². The molecule has 0 atom stereocenters. The molecule has 0 aliphatic carbocycles. The third-order valence-electron chi connectivity index (χ3n) is 2.26. The summed E-state index contributed by atoms with van der Waals surface area (Å²) in [6.07, 6.45) is -8.28. The van der Waals surface area contributed by atoms with Crippen LogP contribution >= 0.6 is 0 Å². The molecule has 0 rings (SSSR count). The summed E-state index contributed by atoms with van der Waals surface area (Å²) in [5, 5.41) is 0. The molecule has 0 aromatic heterocycles. The van der Waals surface area contributed by atoms with Gasteiger partial charge in [0.2, 0.25) is 5.78 Å². The Morgan fingerprint density at radius 3 is 1.40 bits per heavy atom. The van der Waals surface area contributed by atoms with Crippen LogP contribution in [0.2, 0.25) is 0 Å². The van der Waals surface area contributed by atoms with E-state index in [2.05, 4.69) is 0 Å². The first-order chi connectivity index (χ1) is 8.05. The Balaban J connectivity index is 0. The summed E-state index contributed by atoms with van der Waals surface area (Å²) in [6, 6.07) is 0. The zero-order valence-electron chi connectivity index (χ0n) is 10.5. The van der Waals surface area contributed by atoms with E-state index in [1.54, 1.807) is 0 Å². The van der Waals surface area contributed by atoms with Crippen LogP contribution in [0.4, 0.5) is 30.7 Å². The largest absolute Gasteiger partial charge is 0.460 e. The van der Waals surface area contributed by atoms with Gasteiger partial charge in [0.25, 0.3) is 0 Å². The molecule has 0 heterocycles. The maximum absolute atomic E-state index is 12.9. The van der Waals surface area contributed by atoms with Crippen molar-refractivity contribution in [1.29, 1.82) is 0 Å². The molecule has 0 saturated carbocycles. The van der Waals surface area contributed by atoms with Gasteiger partial charge >= 0.3 is 18.0 Å². The van der Waals surface area contributed by atoms with Gasteiger partial charge in [-0.25, -0.2) is 0 Å². The minimum Gasteiger partial charge on any atom is -0.299 e. The second kappa shape index (κ2) is 6.68. The Labute approximate surface area is 151 Å². The molecule has 0 amide bonds. The summed E-state index contributed by atoms with van der Waals surface area (Å²) >= 11 is 0. The van der Waals surface area contributed by atoms with Crippen LogP contribution in [-0.4, -0.2) is 29.6 Å². The normalized spacial score (nSPS) is 13.7. The SMILES string of the molecule is CC(C)(C)C(=O)CC(=O)C(F)(F)C(F)(F)C(F)(F)F.[Eu]. The van der Waals surface area contributed by atoms with Crippen LogP contribution in [0.15, 0.2) is 0 Å². The third-order valence-corrected chi connectivity index (χ3v) is 2.26. The van der Waals surface area contributed by atoms with Crippen molar-refractivity contribution in [1.82, 2.24) is 0 Å². The van der Waals surface area contributed by atoms with Crippen molar-refractivity contribution in [2.45, 2.75) is 45.2 Å². The van der Waals surface area contributed by atoms with Crippen molar-refractivity contribution in [3.63, 3.8) is 0 Å². The first kappa shape index (κ1) is 22.7. The quantitative estimate of drug-likeness (QED) is 0.489. The first-order valence-corrected chi connectivity index (χ1v) is 4.94. The number of alkyl halides is 7. The van der Waals surface area contributed by atoms with Gasteiger partial charge in [-0.3, -0.25) is 9.59 Å². The van der Waals surface area contributed by atoms with E-state index >= 15 is 0 Å². The average Bonchev–Trinajstić information content (AvgIpc) is 2.13. The first-order valence-electron chi connectivity index (χ1n) is 4.94. The maximum atomic E-state index is 12.9. The molecule has 0 bridgehead atoms. The zero-order valence-corrected chi connectivity index (χ0v) is 13.0. The van der Waals surface area contributed by atoms with E-state index in [0.717, 1.165) is 0 Å². The summed E-state index contributed by atoms with van der Waals surface area (Å²) in [4.78, 5) is 22.1. The molecule has 0 unspecified atom stereocenters. The van der Waals surface area contributed by atoms with Gasteiger partial charge in [-0.2, -0.15) is 30.7 Å². The molecule has 2 nitrogen and oxygen atoms in total. The minimum atomic E-state index is -6.59. The summed E-state index contributed by atoms with van der Waals surface area (Å²) in [7, 11) is 0. The fraction of sp³-hybridized carbons (Fsp3) is 0.800. The van der Waals surface area contributed by atoms with Crippen LogP contribution in [0.25, 0.3) is 0 Å². The molecule has 0 aromatic rings. The molecule has 0 aliphatic heterocycles. The van der Waals surface area contributed by atoms with Crippen molar-refractivity contribution in [2.75, 3.05) is 0 Å². The molecule has 0 aromatic carbocycles. The van der Waals surface area contributed by atoms with E-state index < -0.39 is 41.4 Å². The van der Waals surface area contributed by atoms with Gasteiger partial charge in [0.1, 0.15) is 5.78 Å². The molecule has 0 saturated heterocycles. The second-order valence-corrected chi connectivity index (χ2v) is 4.92. The number of halogens is 7.